The van der Waals surface area contributed by atoms with Gasteiger partial charge in [-0.3, -0.25) is 24.4 Å². The Hall–Kier alpha value is -3.81. The summed E-state index contributed by atoms with van der Waals surface area (Å²) in [6.07, 6.45) is 3.60. The molecule has 2 fully saturated rings. The molecule has 2 aliphatic rings. The van der Waals surface area contributed by atoms with E-state index in [4.69, 9.17) is 11.5 Å². The Bertz CT molecular complexity index is 1340. The van der Waals surface area contributed by atoms with Gasteiger partial charge in [0.25, 0.3) is 0 Å². The number of hydrogen-bond donors (Lipinski definition) is 4. The van der Waals surface area contributed by atoms with Gasteiger partial charge in [0.05, 0.1) is 11.7 Å². The van der Waals surface area contributed by atoms with Gasteiger partial charge < -0.3 is 26.6 Å². The van der Waals surface area contributed by atoms with Crippen molar-refractivity contribution in [3.05, 3.63) is 52.6 Å². The second-order valence-electron chi connectivity index (χ2n) is 12.3. The number of piperazine rings is 1. The van der Waals surface area contributed by atoms with Crippen molar-refractivity contribution < 1.29 is 14.4 Å². The summed E-state index contributed by atoms with van der Waals surface area (Å²) in [7, 11) is 0. The zero-order valence-electron chi connectivity index (χ0n) is 25.6. The van der Waals surface area contributed by atoms with Gasteiger partial charge in [0, 0.05) is 45.0 Å². The van der Waals surface area contributed by atoms with E-state index in [1.54, 1.807) is 35.9 Å². The summed E-state index contributed by atoms with van der Waals surface area (Å²) in [5, 5.41) is 5.44. The Morgan fingerprint density at radius 2 is 1.58 bits per heavy atom. The van der Waals surface area contributed by atoms with Gasteiger partial charge in [-0.25, -0.2) is 9.59 Å². The number of piperidine rings is 1. The Kier molecular flexibility index (Phi) is 10.2. The Morgan fingerprint density at radius 1 is 0.977 bits per heavy atom. The van der Waals surface area contributed by atoms with E-state index < -0.39 is 23.3 Å². The van der Waals surface area contributed by atoms with E-state index in [9.17, 15) is 19.2 Å². The number of nitrogens with zero attached hydrogens (tertiary/aromatic N) is 5. The minimum Gasteiger partial charge on any atom is -0.341 e. The topological polar surface area (TPSA) is 172 Å². The molecule has 13 nitrogen and oxygen atoms in total. The van der Waals surface area contributed by atoms with Crippen LogP contribution in [0.1, 0.15) is 46.1 Å². The predicted molar refractivity (Wildman–Crippen MR) is 165 cm³/mol. The average molecular weight is 596 g/mol. The number of hydrogen-bond acceptors (Lipinski definition) is 8. The number of benzene rings is 1. The third kappa shape index (κ3) is 8.18. The molecule has 6 N–H and O–H groups in total. The van der Waals surface area contributed by atoms with Crippen molar-refractivity contribution in [1.29, 1.82) is 0 Å². The van der Waals surface area contributed by atoms with Gasteiger partial charge >= 0.3 is 11.7 Å². The zero-order valence-corrected chi connectivity index (χ0v) is 25.6. The Labute approximate surface area is 252 Å². The van der Waals surface area contributed by atoms with Crippen molar-refractivity contribution in [2.75, 3.05) is 44.6 Å². The lowest BCUT2D eigenvalue weighted by molar-refractivity contribution is -0.142. The largest absolute Gasteiger partial charge is 0.354 e. The molecule has 0 radical (unpaired) electrons. The predicted octanol–water partition coefficient (Wildman–Crippen LogP) is 0.710. The van der Waals surface area contributed by atoms with Crippen LogP contribution in [-0.4, -0.2) is 99.0 Å². The molecule has 234 valence electrons. The minimum atomic E-state index is -1.13. The van der Waals surface area contributed by atoms with Crippen molar-refractivity contribution in [3.63, 3.8) is 0 Å². The fourth-order valence-corrected chi connectivity index (χ4v) is 5.24. The highest BCUT2D eigenvalue weighted by atomic mass is 16.2. The first-order valence-electron chi connectivity index (χ1n) is 14.9. The molecule has 13 heteroatoms. The van der Waals surface area contributed by atoms with Gasteiger partial charge in [-0.05, 0) is 69.5 Å². The number of urea groups is 1. The summed E-state index contributed by atoms with van der Waals surface area (Å²) in [5.74, 6) is -0.533. The van der Waals surface area contributed by atoms with Gasteiger partial charge in [0.15, 0.2) is 0 Å². The molecular formula is C30H45N9O4. The first-order valence-corrected chi connectivity index (χ1v) is 14.9. The third-order valence-corrected chi connectivity index (χ3v) is 8.14. The number of anilines is 1. The summed E-state index contributed by atoms with van der Waals surface area (Å²) in [6.45, 7) is 11.0. The Balaban J connectivity index is 1.28. The highest BCUT2D eigenvalue weighted by Crippen LogP contribution is 2.16. The first-order chi connectivity index (χ1) is 20.3. The van der Waals surface area contributed by atoms with E-state index in [0.717, 1.165) is 38.0 Å². The number of rotatable bonds is 8. The highest BCUT2D eigenvalue weighted by molar-refractivity contribution is 5.93. The summed E-state index contributed by atoms with van der Waals surface area (Å²) in [6, 6.07) is 8.54. The zero-order chi connectivity index (χ0) is 31.3. The molecule has 0 aliphatic carbocycles. The van der Waals surface area contributed by atoms with E-state index in [1.165, 1.54) is 4.57 Å². The van der Waals surface area contributed by atoms with Crippen molar-refractivity contribution in [2.45, 2.75) is 64.7 Å². The molecule has 3 heterocycles. The van der Waals surface area contributed by atoms with Gasteiger partial charge in [-0.2, -0.15) is 4.98 Å². The second-order valence-corrected chi connectivity index (χ2v) is 12.3. The number of nitrogens with two attached hydrogens (primary N) is 2. The van der Waals surface area contributed by atoms with Crippen molar-refractivity contribution >= 4 is 23.7 Å². The molecule has 0 saturated carbocycles. The van der Waals surface area contributed by atoms with E-state index in [-0.39, 0.29) is 23.6 Å². The van der Waals surface area contributed by atoms with Crippen LogP contribution in [0.5, 0.6) is 0 Å². The Morgan fingerprint density at radius 3 is 2.16 bits per heavy atom. The summed E-state index contributed by atoms with van der Waals surface area (Å²) in [5.41, 5.74) is 12.1. The van der Waals surface area contributed by atoms with Crippen LogP contribution < -0.4 is 27.8 Å². The van der Waals surface area contributed by atoms with Crippen molar-refractivity contribution in [2.24, 2.45) is 17.4 Å². The van der Waals surface area contributed by atoms with E-state index in [0.29, 0.717) is 37.9 Å². The summed E-state index contributed by atoms with van der Waals surface area (Å²) >= 11 is 0. The van der Waals surface area contributed by atoms with Crippen LogP contribution in [0, 0.1) is 5.92 Å². The number of carbonyl (C=O) groups is 3. The average Bonchev–Trinajstić information content (AvgIpc) is 2.98. The van der Waals surface area contributed by atoms with Gasteiger partial charge in [0.1, 0.15) is 11.4 Å². The number of aromatic nitrogens is 2. The monoisotopic (exact) mass is 595 g/mol. The quantitative estimate of drug-likeness (QED) is 0.346. The maximum Gasteiger partial charge on any atom is 0.354 e. The van der Waals surface area contributed by atoms with Crippen LogP contribution in [0.25, 0.3) is 5.69 Å². The van der Waals surface area contributed by atoms with E-state index in [2.05, 4.69) is 20.5 Å². The first kappa shape index (κ1) is 32.1. The normalized spacial score (nSPS) is 17.6. The highest BCUT2D eigenvalue weighted by Gasteiger charge is 2.37. The molecular weight excluding hydrogens is 550 g/mol. The standard InChI is InChI=1S/C30H45N9O4/c1-20(2)25(32)26(40)35-30(3,4)27(41)37-15-17-38(18-16-37)28(42)33-24-11-14-39(29(43)34-24)23-7-5-21(6-8-23)19-36-12-9-22(31)10-13-36/h5-8,11,14,20,22,25H,9-10,12-13,15-19,31-32H2,1-4H3,(H,35,40)(H,33,34,42,43)/t25-/m0/s1. The maximum absolute atomic E-state index is 13.1. The molecule has 0 spiro atoms. The van der Waals surface area contributed by atoms with Gasteiger partial charge in [0.2, 0.25) is 11.8 Å². The van der Waals surface area contributed by atoms with Crippen LogP contribution in [0.15, 0.2) is 41.3 Å². The molecule has 2 saturated heterocycles. The molecule has 1 aromatic carbocycles. The number of nitrogens with one attached hydrogen (secondary N) is 2. The maximum atomic E-state index is 13.1. The fourth-order valence-electron chi connectivity index (χ4n) is 5.24. The molecule has 4 rings (SSSR count). The van der Waals surface area contributed by atoms with E-state index in [1.807, 2.05) is 38.1 Å². The van der Waals surface area contributed by atoms with Gasteiger partial charge in [-0.1, -0.05) is 26.0 Å². The molecule has 2 aliphatic heterocycles. The smallest absolute Gasteiger partial charge is 0.341 e. The molecule has 43 heavy (non-hydrogen) atoms. The fraction of sp³-hybridized carbons (Fsp3) is 0.567. The molecule has 1 atom stereocenters. The third-order valence-electron chi connectivity index (χ3n) is 8.14. The summed E-state index contributed by atoms with van der Waals surface area (Å²) in [4.78, 5) is 60.8. The lowest BCUT2D eigenvalue weighted by Gasteiger charge is -2.39. The van der Waals surface area contributed by atoms with Gasteiger partial charge in [-0.15, -0.1) is 0 Å². The number of carbonyl (C=O) groups excluding carboxylic acids is 3. The number of likely N-dealkylation sites (tertiary alicyclic amines) is 1. The van der Waals surface area contributed by atoms with Crippen LogP contribution in [-0.2, 0) is 16.1 Å². The van der Waals surface area contributed by atoms with Crippen LogP contribution in [0.4, 0.5) is 10.6 Å². The second kappa shape index (κ2) is 13.7. The molecule has 4 amide bonds. The molecule has 0 bridgehead atoms. The summed E-state index contributed by atoms with van der Waals surface area (Å²) < 4.78 is 1.43. The minimum absolute atomic E-state index is 0.0586. The SMILES string of the molecule is CC(C)[C@H](N)C(=O)NC(C)(C)C(=O)N1CCN(C(=O)Nc2ccn(-c3ccc(CN4CCC(N)CC4)cc3)c(=O)n2)CC1. The molecule has 0 unspecified atom stereocenters. The van der Waals surface area contributed by atoms with Crippen LogP contribution in [0.2, 0.25) is 0 Å². The van der Waals surface area contributed by atoms with Crippen molar-refractivity contribution in [1.82, 2.24) is 29.6 Å². The lowest BCUT2D eigenvalue weighted by Crippen LogP contribution is -2.62. The van der Waals surface area contributed by atoms with Crippen molar-refractivity contribution in [3.8, 4) is 5.69 Å². The van der Waals surface area contributed by atoms with Crippen LogP contribution >= 0.6 is 0 Å². The number of amides is 4. The molecule has 2 aromatic rings. The van der Waals surface area contributed by atoms with Crippen LogP contribution in [0.3, 0.4) is 0 Å². The molecule has 1 aromatic heterocycles. The lowest BCUT2D eigenvalue weighted by atomic mass is 9.99. The van der Waals surface area contributed by atoms with E-state index >= 15 is 0 Å².